The van der Waals surface area contributed by atoms with Crippen LogP contribution in [-0.4, -0.2) is 16.6 Å². The standard InChI is InChI=1S/C21H22ClFN4O/c1-12-3-2-4-13(12)10-28-20-9-19-15(8-18(20)24)21(26-11-25-19)27-14-5-6-17(23)16(22)7-14/h5-9,11-13H,2-4,10,24H2,1H3,(H,25,26,27). The minimum atomic E-state index is -0.470. The summed E-state index contributed by atoms with van der Waals surface area (Å²) in [6.45, 7) is 2.94. The molecule has 28 heavy (non-hydrogen) atoms. The number of nitrogens with two attached hydrogens (primary N) is 1. The highest BCUT2D eigenvalue weighted by Crippen LogP contribution is 2.35. The normalized spacial score (nSPS) is 19.1. The highest BCUT2D eigenvalue weighted by Gasteiger charge is 2.24. The molecule has 3 N–H and O–H groups in total. The molecule has 0 amide bonds. The van der Waals surface area contributed by atoms with Crippen LogP contribution in [-0.2, 0) is 0 Å². The lowest BCUT2D eigenvalue weighted by atomic mass is 9.99. The lowest BCUT2D eigenvalue weighted by Gasteiger charge is -2.18. The van der Waals surface area contributed by atoms with Crippen molar-refractivity contribution in [3.8, 4) is 5.75 Å². The van der Waals surface area contributed by atoms with Gasteiger partial charge in [0.2, 0.25) is 0 Å². The number of rotatable bonds is 5. The van der Waals surface area contributed by atoms with Crippen molar-refractivity contribution in [2.45, 2.75) is 26.2 Å². The van der Waals surface area contributed by atoms with E-state index in [4.69, 9.17) is 22.1 Å². The van der Waals surface area contributed by atoms with Gasteiger partial charge in [-0.25, -0.2) is 14.4 Å². The maximum Gasteiger partial charge on any atom is 0.144 e. The molecule has 5 nitrogen and oxygen atoms in total. The van der Waals surface area contributed by atoms with E-state index in [2.05, 4.69) is 22.2 Å². The average molecular weight is 401 g/mol. The van der Waals surface area contributed by atoms with Crippen molar-refractivity contribution in [2.75, 3.05) is 17.7 Å². The number of aromatic nitrogens is 2. The van der Waals surface area contributed by atoms with Crippen molar-refractivity contribution in [3.05, 3.63) is 47.5 Å². The summed E-state index contributed by atoms with van der Waals surface area (Å²) in [6, 6.07) is 8.05. The predicted octanol–water partition coefficient (Wildman–Crippen LogP) is 5.56. The van der Waals surface area contributed by atoms with E-state index >= 15 is 0 Å². The fourth-order valence-corrected chi connectivity index (χ4v) is 3.88. The van der Waals surface area contributed by atoms with Crippen LogP contribution in [0, 0.1) is 17.7 Å². The van der Waals surface area contributed by atoms with Gasteiger partial charge in [0.15, 0.2) is 0 Å². The summed E-state index contributed by atoms with van der Waals surface area (Å²) >= 11 is 5.86. The molecule has 146 valence electrons. The molecule has 7 heteroatoms. The molecule has 2 aromatic carbocycles. The SMILES string of the molecule is CC1CCCC1COc1cc2ncnc(Nc3ccc(F)c(Cl)c3)c2cc1N. The van der Waals surface area contributed by atoms with Gasteiger partial charge < -0.3 is 15.8 Å². The highest BCUT2D eigenvalue weighted by atomic mass is 35.5. The number of nitrogen functional groups attached to an aromatic ring is 1. The molecule has 1 saturated carbocycles. The summed E-state index contributed by atoms with van der Waals surface area (Å²) in [5.41, 5.74) is 8.11. The number of halogens is 2. The first-order valence-electron chi connectivity index (χ1n) is 9.40. The van der Waals surface area contributed by atoms with E-state index in [9.17, 15) is 4.39 Å². The molecule has 0 radical (unpaired) electrons. The minimum absolute atomic E-state index is 0.0414. The first-order valence-corrected chi connectivity index (χ1v) is 9.78. The maximum absolute atomic E-state index is 13.4. The van der Waals surface area contributed by atoms with Gasteiger partial charge in [-0.2, -0.15) is 0 Å². The number of ether oxygens (including phenoxy) is 1. The number of benzene rings is 2. The first-order chi connectivity index (χ1) is 13.5. The lowest BCUT2D eigenvalue weighted by molar-refractivity contribution is 0.223. The summed E-state index contributed by atoms with van der Waals surface area (Å²) in [4.78, 5) is 8.63. The van der Waals surface area contributed by atoms with Crippen molar-refractivity contribution in [2.24, 2.45) is 11.8 Å². The Morgan fingerprint density at radius 3 is 2.86 bits per heavy atom. The smallest absolute Gasteiger partial charge is 0.144 e. The van der Waals surface area contributed by atoms with Crippen LogP contribution in [0.15, 0.2) is 36.7 Å². The third-order valence-corrected chi connectivity index (χ3v) is 5.73. The Morgan fingerprint density at radius 1 is 1.25 bits per heavy atom. The van der Waals surface area contributed by atoms with Gasteiger partial charge in [0.1, 0.15) is 23.7 Å². The number of nitrogens with one attached hydrogen (secondary N) is 1. The Labute approximate surface area is 168 Å². The van der Waals surface area contributed by atoms with E-state index in [0.29, 0.717) is 41.4 Å². The van der Waals surface area contributed by atoms with Crippen LogP contribution in [0.1, 0.15) is 26.2 Å². The Balaban J connectivity index is 1.59. The van der Waals surface area contributed by atoms with Gasteiger partial charge in [-0.05, 0) is 42.5 Å². The Bertz CT molecular complexity index is 1010. The van der Waals surface area contributed by atoms with Crippen LogP contribution in [0.2, 0.25) is 5.02 Å². The van der Waals surface area contributed by atoms with Gasteiger partial charge in [-0.1, -0.05) is 31.4 Å². The second-order valence-corrected chi connectivity index (χ2v) is 7.77. The van der Waals surface area contributed by atoms with Crippen LogP contribution in [0.4, 0.5) is 21.6 Å². The van der Waals surface area contributed by atoms with Gasteiger partial charge >= 0.3 is 0 Å². The average Bonchev–Trinajstić information content (AvgIpc) is 3.08. The van der Waals surface area contributed by atoms with Gasteiger partial charge in [0.25, 0.3) is 0 Å². The Hall–Kier alpha value is -2.60. The molecule has 1 heterocycles. The number of hydrogen-bond donors (Lipinski definition) is 2. The molecular weight excluding hydrogens is 379 g/mol. The van der Waals surface area contributed by atoms with E-state index in [0.717, 1.165) is 10.9 Å². The predicted molar refractivity (Wildman–Crippen MR) is 111 cm³/mol. The largest absolute Gasteiger partial charge is 0.491 e. The first kappa shape index (κ1) is 18.7. The number of fused-ring (bicyclic) bond motifs is 1. The van der Waals surface area contributed by atoms with Crippen molar-refractivity contribution >= 4 is 39.7 Å². The van der Waals surface area contributed by atoms with Crippen LogP contribution in [0.3, 0.4) is 0 Å². The summed E-state index contributed by atoms with van der Waals surface area (Å²) in [5.74, 6) is 1.99. The molecule has 0 saturated heterocycles. The van der Waals surface area contributed by atoms with Crippen LogP contribution < -0.4 is 15.8 Å². The van der Waals surface area contributed by atoms with Crippen LogP contribution in [0.5, 0.6) is 5.75 Å². The van der Waals surface area contributed by atoms with E-state index in [1.807, 2.05) is 6.07 Å². The zero-order valence-corrected chi connectivity index (χ0v) is 16.3. The van der Waals surface area contributed by atoms with E-state index in [1.165, 1.54) is 37.7 Å². The molecule has 2 atom stereocenters. The van der Waals surface area contributed by atoms with Crippen molar-refractivity contribution < 1.29 is 9.13 Å². The van der Waals surface area contributed by atoms with Gasteiger partial charge in [0.05, 0.1) is 22.8 Å². The molecule has 1 aromatic heterocycles. The molecular formula is C21H22ClFN4O. The summed E-state index contributed by atoms with van der Waals surface area (Å²) in [5, 5.41) is 3.94. The molecule has 0 bridgehead atoms. The van der Waals surface area contributed by atoms with E-state index in [-0.39, 0.29) is 5.02 Å². The third kappa shape index (κ3) is 3.83. The number of anilines is 3. The molecule has 3 aromatic rings. The summed E-state index contributed by atoms with van der Waals surface area (Å²) in [6.07, 6.45) is 5.19. The molecule has 1 aliphatic carbocycles. The number of nitrogens with zero attached hydrogens (tertiary/aromatic N) is 2. The molecule has 4 rings (SSSR count). The zero-order chi connectivity index (χ0) is 19.7. The van der Waals surface area contributed by atoms with Gasteiger partial charge in [-0.15, -0.1) is 0 Å². The van der Waals surface area contributed by atoms with Gasteiger partial charge in [0, 0.05) is 17.1 Å². The molecule has 2 unspecified atom stereocenters. The highest BCUT2D eigenvalue weighted by molar-refractivity contribution is 6.31. The van der Waals surface area contributed by atoms with E-state index < -0.39 is 5.82 Å². The molecule has 1 fully saturated rings. The molecule has 1 aliphatic rings. The minimum Gasteiger partial charge on any atom is -0.491 e. The second-order valence-electron chi connectivity index (χ2n) is 7.36. The molecule has 0 aliphatic heterocycles. The zero-order valence-electron chi connectivity index (χ0n) is 15.6. The fourth-order valence-electron chi connectivity index (χ4n) is 3.70. The quantitative estimate of drug-likeness (QED) is 0.548. The summed E-state index contributed by atoms with van der Waals surface area (Å²) < 4.78 is 19.4. The lowest BCUT2D eigenvalue weighted by Crippen LogP contribution is -2.15. The summed E-state index contributed by atoms with van der Waals surface area (Å²) in [7, 11) is 0. The topological polar surface area (TPSA) is 73.1 Å². The molecule has 0 spiro atoms. The van der Waals surface area contributed by atoms with Gasteiger partial charge in [-0.3, -0.25) is 0 Å². The van der Waals surface area contributed by atoms with Crippen molar-refractivity contribution in [1.82, 2.24) is 9.97 Å². The fraction of sp³-hybridized carbons (Fsp3) is 0.333. The van der Waals surface area contributed by atoms with Crippen molar-refractivity contribution in [3.63, 3.8) is 0 Å². The van der Waals surface area contributed by atoms with E-state index in [1.54, 1.807) is 12.1 Å². The second kappa shape index (κ2) is 7.80. The van der Waals surface area contributed by atoms with Crippen molar-refractivity contribution in [1.29, 1.82) is 0 Å². The Morgan fingerprint density at radius 2 is 2.11 bits per heavy atom. The maximum atomic E-state index is 13.4. The third-order valence-electron chi connectivity index (χ3n) is 5.44. The van der Waals surface area contributed by atoms with Crippen LogP contribution in [0.25, 0.3) is 10.9 Å². The Kier molecular flexibility index (Phi) is 5.22. The monoisotopic (exact) mass is 400 g/mol. The van der Waals surface area contributed by atoms with Crippen LogP contribution >= 0.6 is 11.6 Å². The number of hydrogen-bond acceptors (Lipinski definition) is 5.